The van der Waals surface area contributed by atoms with Crippen molar-refractivity contribution in [3.63, 3.8) is 0 Å². The molecular weight excluding hydrogens is 278 g/mol. The second-order valence-electron chi connectivity index (χ2n) is 5.12. The smallest absolute Gasteiger partial charge is 0.306 e. The van der Waals surface area contributed by atoms with Crippen molar-refractivity contribution in [1.29, 1.82) is 0 Å². The summed E-state index contributed by atoms with van der Waals surface area (Å²) in [6, 6.07) is -0.384. The van der Waals surface area contributed by atoms with Crippen LogP contribution in [0.1, 0.15) is 20.8 Å². The number of amides is 1. The van der Waals surface area contributed by atoms with E-state index in [0.29, 0.717) is 0 Å². The van der Waals surface area contributed by atoms with Gasteiger partial charge in [-0.1, -0.05) is 0 Å². The van der Waals surface area contributed by atoms with E-state index in [1.165, 1.54) is 10.9 Å². The molecule has 21 heavy (non-hydrogen) atoms. The van der Waals surface area contributed by atoms with E-state index in [0.717, 1.165) is 6.20 Å². The summed E-state index contributed by atoms with van der Waals surface area (Å²) in [4.78, 5) is 21.6. The van der Waals surface area contributed by atoms with Crippen molar-refractivity contribution >= 4 is 11.6 Å². The van der Waals surface area contributed by atoms with Crippen LogP contribution in [0.5, 0.6) is 0 Å². The zero-order valence-corrected chi connectivity index (χ0v) is 12.3. The summed E-state index contributed by atoms with van der Waals surface area (Å²) in [5.74, 6) is -0.146. The standard InChI is InChI=1S/C12H21N5O4/c1-8(2)15-12(19)9(3)13-5-11(18)7-16-6-10(4-14-16)17(20)21/h4,6,8-9,11,13,18H,5,7H2,1-3H3,(H,15,19). The minimum atomic E-state index is -0.807. The van der Waals surface area contributed by atoms with Gasteiger partial charge in [-0.25, -0.2) is 0 Å². The van der Waals surface area contributed by atoms with Crippen molar-refractivity contribution in [2.24, 2.45) is 0 Å². The highest BCUT2D eigenvalue weighted by Gasteiger charge is 2.16. The van der Waals surface area contributed by atoms with E-state index in [4.69, 9.17) is 0 Å². The summed E-state index contributed by atoms with van der Waals surface area (Å²) in [5.41, 5.74) is -0.125. The highest BCUT2D eigenvalue weighted by Crippen LogP contribution is 2.07. The summed E-state index contributed by atoms with van der Waals surface area (Å²) >= 11 is 0. The first-order valence-electron chi connectivity index (χ1n) is 6.68. The normalized spacial score (nSPS) is 14.0. The number of carbonyl (C=O) groups is 1. The van der Waals surface area contributed by atoms with Gasteiger partial charge < -0.3 is 15.7 Å². The third-order valence-corrected chi connectivity index (χ3v) is 2.71. The van der Waals surface area contributed by atoms with Crippen LogP contribution in [0.4, 0.5) is 5.69 Å². The molecule has 0 spiro atoms. The Morgan fingerprint density at radius 1 is 1.52 bits per heavy atom. The predicted molar refractivity (Wildman–Crippen MR) is 75.6 cm³/mol. The van der Waals surface area contributed by atoms with E-state index >= 15 is 0 Å². The Kier molecular flexibility index (Phi) is 6.25. The van der Waals surface area contributed by atoms with E-state index in [-0.39, 0.29) is 30.7 Å². The van der Waals surface area contributed by atoms with Crippen LogP contribution in [-0.2, 0) is 11.3 Å². The molecule has 0 fully saturated rings. The maximum atomic E-state index is 11.7. The van der Waals surface area contributed by atoms with Crippen molar-refractivity contribution in [3.05, 3.63) is 22.5 Å². The number of aliphatic hydroxyl groups excluding tert-OH is 1. The van der Waals surface area contributed by atoms with Crippen LogP contribution in [0.2, 0.25) is 0 Å². The Morgan fingerprint density at radius 2 is 2.19 bits per heavy atom. The Balaban J connectivity index is 2.37. The second kappa shape index (κ2) is 7.70. The maximum Gasteiger partial charge on any atom is 0.306 e. The van der Waals surface area contributed by atoms with Crippen LogP contribution in [0.3, 0.4) is 0 Å². The van der Waals surface area contributed by atoms with Crippen molar-refractivity contribution < 1.29 is 14.8 Å². The third-order valence-electron chi connectivity index (χ3n) is 2.71. The topological polar surface area (TPSA) is 122 Å². The molecule has 1 aromatic heterocycles. The van der Waals surface area contributed by atoms with Gasteiger partial charge in [0.15, 0.2) is 0 Å². The van der Waals surface area contributed by atoms with Crippen molar-refractivity contribution in [1.82, 2.24) is 20.4 Å². The molecule has 118 valence electrons. The number of nitrogens with one attached hydrogen (secondary N) is 2. The average Bonchev–Trinajstić information content (AvgIpc) is 2.83. The van der Waals surface area contributed by atoms with E-state index in [1.807, 2.05) is 13.8 Å². The first-order valence-corrected chi connectivity index (χ1v) is 6.68. The van der Waals surface area contributed by atoms with Gasteiger partial charge in [0.2, 0.25) is 5.91 Å². The number of nitro groups is 1. The van der Waals surface area contributed by atoms with E-state index < -0.39 is 17.1 Å². The molecule has 1 rings (SSSR count). The molecule has 0 radical (unpaired) electrons. The van der Waals surface area contributed by atoms with Crippen LogP contribution in [-0.4, -0.2) is 50.4 Å². The van der Waals surface area contributed by atoms with Crippen molar-refractivity contribution in [2.75, 3.05) is 6.54 Å². The summed E-state index contributed by atoms with van der Waals surface area (Å²) in [5, 5.41) is 29.8. The van der Waals surface area contributed by atoms with Gasteiger partial charge in [0.05, 0.1) is 23.6 Å². The quantitative estimate of drug-likeness (QED) is 0.445. The van der Waals surface area contributed by atoms with E-state index in [2.05, 4.69) is 15.7 Å². The molecule has 0 saturated carbocycles. The fourth-order valence-electron chi connectivity index (χ4n) is 1.64. The average molecular weight is 299 g/mol. The minimum Gasteiger partial charge on any atom is -0.390 e. The van der Waals surface area contributed by atoms with Gasteiger partial charge in [-0.15, -0.1) is 0 Å². The molecule has 1 amide bonds. The molecule has 0 saturated heterocycles. The molecule has 9 nitrogen and oxygen atoms in total. The maximum absolute atomic E-state index is 11.7. The van der Waals surface area contributed by atoms with Crippen LogP contribution in [0.25, 0.3) is 0 Å². The SMILES string of the molecule is CC(C)NC(=O)C(C)NCC(O)Cn1cc([N+](=O)[O-])cn1. The van der Waals surface area contributed by atoms with Crippen LogP contribution in [0, 0.1) is 10.1 Å². The van der Waals surface area contributed by atoms with Gasteiger partial charge >= 0.3 is 5.69 Å². The molecule has 0 aliphatic heterocycles. The zero-order valence-electron chi connectivity index (χ0n) is 12.3. The molecule has 1 heterocycles. The number of carbonyl (C=O) groups excluding carboxylic acids is 1. The van der Waals surface area contributed by atoms with Gasteiger partial charge in [-0.3, -0.25) is 19.6 Å². The molecule has 0 aromatic carbocycles. The van der Waals surface area contributed by atoms with Crippen molar-refractivity contribution in [3.8, 4) is 0 Å². The third kappa shape index (κ3) is 5.88. The summed E-state index contributed by atoms with van der Waals surface area (Å²) < 4.78 is 1.29. The fourth-order valence-corrected chi connectivity index (χ4v) is 1.64. The monoisotopic (exact) mass is 299 g/mol. The fraction of sp³-hybridized carbons (Fsp3) is 0.667. The Labute approximate surface area is 122 Å². The van der Waals surface area contributed by atoms with Crippen LogP contribution in [0.15, 0.2) is 12.4 Å². The first-order chi connectivity index (χ1) is 9.79. The Hall–Kier alpha value is -2.00. The van der Waals surface area contributed by atoms with Gasteiger partial charge in [0.1, 0.15) is 12.4 Å². The van der Waals surface area contributed by atoms with Crippen molar-refractivity contribution in [2.45, 2.75) is 45.5 Å². The van der Waals surface area contributed by atoms with Crippen LogP contribution < -0.4 is 10.6 Å². The van der Waals surface area contributed by atoms with Gasteiger partial charge in [-0.2, -0.15) is 5.10 Å². The van der Waals surface area contributed by atoms with E-state index in [9.17, 15) is 20.0 Å². The molecule has 3 N–H and O–H groups in total. The van der Waals surface area contributed by atoms with Gasteiger partial charge in [-0.05, 0) is 20.8 Å². The molecule has 1 aromatic rings. The lowest BCUT2D eigenvalue weighted by molar-refractivity contribution is -0.385. The number of rotatable bonds is 8. The lowest BCUT2D eigenvalue weighted by Crippen LogP contribution is -2.47. The molecule has 0 bridgehead atoms. The highest BCUT2D eigenvalue weighted by molar-refractivity contribution is 5.81. The highest BCUT2D eigenvalue weighted by atomic mass is 16.6. The molecule has 2 atom stereocenters. The predicted octanol–water partition coefficient (Wildman–Crippen LogP) is -0.345. The Bertz CT molecular complexity index is 488. The summed E-state index contributed by atoms with van der Waals surface area (Å²) in [6.45, 7) is 5.72. The number of aliphatic hydroxyl groups is 1. The molecule has 0 aliphatic rings. The second-order valence-corrected chi connectivity index (χ2v) is 5.12. The number of nitrogens with zero attached hydrogens (tertiary/aromatic N) is 3. The largest absolute Gasteiger partial charge is 0.390 e. The molecule has 0 aliphatic carbocycles. The Morgan fingerprint density at radius 3 is 2.71 bits per heavy atom. The number of hydrogen-bond donors (Lipinski definition) is 3. The number of hydrogen-bond acceptors (Lipinski definition) is 6. The molecule has 9 heteroatoms. The summed E-state index contributed by atoms with van der Waals surface area (Å²) in [7, 11) is 0. The van der Waals surface area contributed by atoms with Gasteiger partial charge in [0, 0.05) is 12.6 Å². The van der Waals surface area contributed by atoms with Gasteiger partial charge in [0.25, 0.3) is 0 Å². The van der Waals surface area contributed by atoms with Crippen LogP contribution >= 0.6 is 0 Å². The molecular formula is C12H21N5O4. The zero-order chi connectivity index (χ0) is 16.0. The summed E-state index contributed by atoms with van der Waals surface area (Å²) in [6.07, 6.45) is 1.57. The first kappa shape index (κ1) is 17.1. The lowest BCUT2D eigenvalue weighted by atomic mass is 10.2. The lowest BCUT2D eigenvalue weighted by Gasteiger charge is -2.18. The number of aromatic nitrogens is 2. The molecule has 2 unspecified atom stereocenters. The minimum absolute atomic E-state index is 0.0521. The van der Waals surface area contributed by atoms with E-state index in [1.54, 1.807) is 6.92 Å².